The minimum absolute atomic E-state index is 0.344. The van der Waals surface area contributed by atoms with Crippen molar-refractivity contribution in [2.75, 3.05) is 5.75 Å². The number of thiophene rings is 1. The standard InChI is InChI=1S/C14H19BrN2S2/c1-10-3-2-4-14(6-10)9-19-13(17-14)16-7-12-5-11(15)8-18-12/h5,8,10H,2-4,6-7,9H2,1H3,(H,16,17). The van der Waals surface area contributed by atoms with Gasteiger partial charge in [0.1, 0.15) is 0 Å². The summed E-state index contributed by atoms with van der Waals surface area (Å²) in [6.45, 7) is 3.18. The van der Waals surface area contributed by atoms with E-state index in [0.29, 0.717) is 5.54 Å². The summed E-state index contributed by atoms with van der Waals surface area (Å²) in [6.07, 6.45) is 5.38. The Hall–Kier alpha value is -0.0000000000000000833. The van der Waals surface area contributed by atoms with Crippen LogP contribution >= 0.6 is 39.0 Å². The lowest BCUT2D eigenvalue weighted by atomic mass is 9.78. The van der Waals surface area contributed by atoms with Crippen LogP contribution in [0.25, 0.3) is 0 Å². The van der Waals surface area contributed by atoms with E-state index in [2.05, 4.69) is 39.6 Å². The molecule has 1 spiro atoms. The fraction of sp³-hybridized carbons (Fsp3) is 0.643. The fourth-order valence-electron chi connectivity index (χ4n) is 3.08. The van der Waals surface area contributed by atoms with E-state index in [1.165, 1.54) is 36.3 Å². The minimum Gasteiger partial charge on any atom is -0.359 e. The summed E-state index contributed by atoms with van der Waals surface area (Å²) in [5.41, 5.74) is 0.344. The van der Waals surface area contributed by atoms with Crippen LogP contribution in [0.15, 0.2) is 20.9 Å². The van der Waals surface area contributed by atoms with Gasteiger partial charge in [0.25, 0.3) is 0 Å². The fourth-order valence-corrected chi connectivity index (χ4v) is 5.65. The van der Waals surface area contributed by atoms with Crippen molar-refractivity contribution >= 4 is 44.2 Å². The lowest BCUT2D eigenvalue weighted by Crippen LogP contribution is -2.47. The molecule has 0 radical (unpaired) electrons. The normalized spacial score (nSPS) is 32.9. The van der Waals surface area contributed by atoms with Crippen molar-refractivity contribution in [1.29, 1.82) is 0 Å². The molecule has 104 valence electrons. The van der Waals surface area contributed by atoms with Crippen molar-refractivity contribution in [3.8, 4) is 0 Å². The van der Waals surface area contributed by atoms with Crippen molar-refractivity contribution in [3.63, 3.8) is 0 Å². The largest absolute Gasteiger partial charge is 0.359 e. The highest BCUT2D eigenvalue weighted by atomic mass is 79.9. The third-order valence-corrected chi connectivity index (χ3v) is 6.83. The third kappa shape index (κ3) is 3.37. The van der Waals surface area contributed by atoms with Crippen LogP contribution in [-0.4, -0.2) is 16.5 Å². The first kappa shape index (κ1) is 14.0. The molecule has 3 rings (SSSR count). The Labute approximate surface area is 131 Å². The van der Waals surface area contributed by atoms with Gasteiger partial charge in [-0.2, -0.15) is 0 Å². The maximum atomic E-state index is 4.74. The average Bonchev–Trinajstić information content (AvgIpc) is 2.94. The molecule has 2 aliphatic rings. The highest BCUT2D eigenvalue weighted by Gasteiger charge is 2.40. The van der Waals surface area contributed by atoms with Gasteiger partial charge in [-0.25, -0.2) is 0 Å². The zero-order valence-corrected chi connectivity index (χ0v) is 14.3. The predicted octanol–water partition coefficient (Wildman–Crippen LogP) is 4.65. The van der Waals surface area contributed by atoms with Gasteiger partial charge in [-0.1, -0.05) is 31.5 Å². The lowest BCUT2D eigenvalue weighted by molar-refractivity contribution is 0.242. The maximum absolute atomic E-state index is 4.74. The first-order chi connectivity index (χ1) is 9.15. The van der Waals surface area contributed by atoms with Gasteiger partial charge in [-0.05, 0) is 40.8 Å². The average molecular weight is 359 g/mol. The molecule has 1 aromatic rings. The molecule has 0 aromatic carbocycles. The van der Waals surface area contributed by atoms with Crippen LogP contribution in [0, 0.1) is 5.92 Å². The molecule has 1 saturated heterocycles. The van der Waals surface area contributed by atoms with E-state index in [1.807, 2.05) is 11.8 Å². The topological polar surface area (TPSA) is 24.4 Å². The summed E-state index contributed by atoms with van der Waals surface area (Å²) in [5.74, 6) is 2.05. The molecule has 1 aliphatic carbocycles. The quantitative estimate of drug-likeness (QED) is 0.831. The van der Waals surface area contributed by atoms with E-state index in [1.54, 1.807) is 11.3 Å². The molecule has 0 amide bonds. The summed E-state index contributed by atoms with van der Waals surface area (Å²) >= 11 is 7.17. The molecule has 2 heterocycles. The Morgan fingerprint density at radius 3 is 3.21 bits per heavy atom. The Bertz CT molecular complexity index is 486. The number of nitrogens with zero attached hydrogens (tertiary/aromatic N) is 1. The zero-order chi connectivity index (χ0) is 13.3. The molecular weight excluding hydrogens is 340 g/mol. The van der Waals surface area contributed by atoms with Crippen molar-refractivity contribution in [3.05, 3.63) is 20.8 Å². The van der Waals surface area contributed by atoms with Gasteiger partial charge >= 0.3 is 0 Å². The number of amidine groups is 1. The van der Waals surface area contributed by atoms with Crippen molar-refractivity contribution < 1.29 is 0 Å². The molecule has 5 heteroatoms. The van der Waals surface area contributed by atoms with Crippen LogP contribution in [-0.2, 0) is 6.54 Å². The van der Waals surface area contributed by atoms with E-state index < -0.39 is 0 Å². The monoisotopic (exact) mass is 358 g/mol. The SMILES string of the molecule is CC1CCCC2(CSC(=NCc3cc(Br)cs3)N2)C1. The van der Waals surface area contributed by atoms with Gasteiger partial charge in [0.15, 0.2) is 5.17 Å². The summed E-state index contributed by atoms with van der Waals surface area (Å²) in [6, 6.07) is 2.16. The van der Waals surface area contributed by atoms with Gasteiger partial charge in [0.2, 0.25) is 0 Å². The first-order valence-electron chi connectivity index (χ1n) is 6.84. The number of hydrogen-bond donors (Lipinski definition) is 1. The van der Waals surface area contributed by atoms with Crippen LogP contribution in [0.1, 0.15) is 37.5 Å². The van der Waals surface area contributed by atoms with E-state index >= 15 is 0 Å². The molecule has 2 atom stereocenters. The molecule has 1 aliphatic heterocycles. The maximum Gasteiger partial charge on any atom is 0.157 e. The summed E-state index contributed by atoms with van der Waals surface area (Å²) < 4.78 is 1.16. The second-order valence-electron chi connectivity index (χ2n) is 5.75. The van der Waals surface area contributed by atoms with Crippen LogP contribution in [0.5, 0.6) is 0 Å². The summed E-state index contributed by atoms with van der Waals surface area (Å²) in [7, 11) is 0. The van der Waals surface area contributed by atoms with Crippen LogP contribution < -0.4 is 5.32 Å². The first-order valence-corrected chi connectivity index (χ1v) is 9.49. The van der Waals surface area contributed by atoms with Crippen molar-refractivity contribution in [2.45, 2.75) is 44.7 Å². The van der Waals surface area contributed by atoms with E-state index in [4.69, 9.17) is 4.99 Å². The lowest BCUT2D eigenvalue weighted by Gasteiger charge is -2.36. The Kier molecular flexibility index (Phi) is 4.25. The number of thioether (sulfide) groups is 1. The molecule has 19 heavy (non-hydrogen) atoms. The highest BCUT2D eigenvalue weighted by Crippen LogP contribution is 2.38. The predicted molar refractivity (Wildman–Crippen MR) is 89.1 cm³/mol. The third-order valence-electron chi connectivity index (χ3n) is 3.95. The smallest absolute Gasteiger partial charge is 0.157 e. The molecule has 2 fully saturated rings. The highest BCUT2D eigenvalue weighted by molar-refractivity contribution is 9.10. The van der Waals surface area contributed by atoms with Crippen LogP contribution in [0.4, 0.5) is 0 Å². The molecule has 2 nitrogen and oxygen atoms in total. The van der Waals surface area contributed by atoms with Crippen molar-refractivity contribution in [1.82, 2.24) is 5.32 Å². The van der Waals surface area contributed by atoms with E-state index in [-0.39, 0.29) is 0 Å². The number of aliphatic imine (C=N–C) groups is 1. The van der Waals surface area contributed by atoms with E-state index in [0.717, 1.165) is 22.1 Å². The van der Waals surface area contributed by atoms with Crippen LogP contribution in [0.3, 0.4) is 0 Å². The number of nitrogens with one attached hydrogen (secondary N) is 1. The van der Waals surface area contributed by atoms with Gasteiger partial charge in [-0.15, -0.1) is 11.3 Å². The number of rotatable bonds is 2. The molecule has 2 unspecified atom stereocenters. The Morgan fingerprint density at radius 2 is 2.47 bits per heavy atom. The van der Waals surface area contributed by atoms with Gasteiger partial charge in [-0.3, -0.25) is 4.99 Å². The molecular formula is C14H19BrN2S2. The van der Waals surface area contributed by atoms with Gasteiger partial charge < -0.3 is 5.32 Å². The van der Waals surface area contributed by atoms with Gasteiger partial charge in [0, 0.05) is 26.0 Å². The van der Waals surface area contributed by atoms with Crippen LogP contribution in [0.2, 0.25) is 0 Å². The molecule has 1 N–H and O–H groups in total. The van der Waals surface area contributed by atoms with E-state index in [9.17, 15) is 0 Å². The van der Waals surface area contributed by atoms with Crippen molar-refractivity contribution in [2.24, 2.45) is 10.9 Å². The number of halogens is 1. The molecule has 1 saturated carbocycles. The second kappa shape index (κ2) is 5.78. The molecule has 1 aromatic heterocycles. The molecule has 0 bridgehead atoms. The minimum atomic E-state index is 0.344. The number of hydrogen-bond acceptors (Lipinski definition) is 3. The second-order valence-corrected chi connectivity index (χ2v) is 8.62. The summed E-state index contributed by atoms with van der Waals surface area (Å²) in [5, 5.41) is 6.99. The van der Waals surface area contributed by atoms with Gasteiger partial charge in [0.05, 0.1) is 6.54 Å². The summed E-state index contributed by atoms with van der Waals surface area (Å²) in [4.78, 5) is 6.06. The Balaban J connectivity index is 1.62. The Morgan fingerprint density at radius 1 is 1.58 bits per heavy atom. The zero-order valence-electron chi connectivity index (χ0n) is 11.1.